The Kier molecular flexibility index (Phi) is 4.91. The largest absolute Gasteiger partial charge is 0.394 e. The Labute approximate surface area is 60.9 Å². The van der Waals surface area contributed by atoms with Gasteiger partial charge in [-0.2, -0.15) is 5.26 Å². The van der Waals surface area contributed by atoms with Crippen molar-refractivity contribution >= 4 is 0 Å². The van der Waals surface area contributed by atoms with Gasteiger partial charge in [-0.25, -0.2) is 0 Å². The zero-order chi connectivity index (χ0) is 7.98. The van der Waals surface area contributed by atoms with E-state index in [0.29, 0.717) is 6.42 Å². The quantitative estimate of drug-likeness (QED) is 0.594. The maximum atomic E-state index is 8.98. The molecule has 0 fully saturated rings. The van der Waals surface area contributed by atoms with Gasteiger partial charge in [-0.3, -0.25) is 0 Å². The van der Waals surface area contributed by atoms with Crippen LogP contribution in [0.4, 0.5) is 0 Å². The van der Waals surface area contributed by atoms with Crippen LogP contribution in [0.15, 0.2) is 0 Å². The molecule has 0 aromatic carbocycles. The number of aliphatic hydroxyl groups excluding tert-OH is 2. The Bertz CT molecular complexity index is 119. The van der Waals surface area contributed by atoms with Crippen LogP contribution in [0.2, 0.25) is 0 Å². The van der Waals surface area contributed by atoms with Crippen LogP contribution in [0.1, 0.15) is 19.8 Å². The predicted octanol–water partition coefficient (Wildman–Crippen LogP) is 0.279. The fraction of sp³-hybridized carbons (Fsp3) is 0.857. The van der Waals surface area contributed by atoms with Gasteiger partial charge in [0.2, 0.25) is 0 Å². The van der Waals surface area contributed by atoms with Crippen LogP contribution in [-0.2, 0) is 0 Å². The van der Waals surface area contributed by atoms with E-state index in [1.807, 2.05) is 13.0 Å². The molecule has 0 saturated carbocycles. The van der Waals surface area contributed by atoms with E-state index in [1.165, 1.54) is 0 Å². The monoisotopic (exact) mass is 143 g/mol. The van der Waals surface area contributed by atoms with Gasteiger partial charge in [-0.15, -0.1) is 0 Å². The summed E-state index contributed by atoms with van der Waals surface area (Å²) >= 11 is 0. The first kappa shape index (κ1) is 9.41. The van der Waals surface area contributed by atoms with Gasteiger partial charge in [0, 0.05) is 0 Å². The standard InChI is InChI=1S/C7H13NO2/c1-2-3-6(4-8)7(10)5-9/h6-7,9-10H,2-3,5H2,1H3/t6-,7-/m0/s1. The molecule has 58 valence electrons. The smallest absolute Gasteiger partial charge is 0.0928 e. The van der Waals surface area contributed by atoms with Gasteiger partial charge < -0.3 is 10.2 Å². The third-order valence-electron chi connectivity index (χ3n) is 1.42. The maximum Gasteiger partial charge on any atom is 0.0928 e. The van der Waals surface area contributed by atoms with E-state index in [4.69, 9.17) is 15.5 Å². The molecule has 0 spiro atoms. The molecule has 0 aromatic heterocycles. The van der Waals surface area contributed by atoms with E-state index in [2.05, 4.69) is 0 Å². The Morgan fingerprint density at radius 1 is 1.60 bits per heavy atom. The molecule has 10 heavy (non-hydrogen) atoms. The van der Waals surface area contributed by atoms with Crippen molar-refractivity contribution in [3.63, 3.8) is 0 Å². The molecule has 3 heteroatoms. The van der Waals surface area contributed by atoms with Crippen molar-refractivity contribution in [1.29, 1.82) is 5.26 Å². The van der Waals surface area contributed by atoms with Gasteiger partial charge >= 0.3 is 0 Å². The van der Waals surface area contributed by atoms with Gasteiger partial charge in [0.15, 0.2) is 0 Å². The molecule has 3 nitrogen and oxygen atoms in total. The summed E-state index contributed by atoms with van der Waals surface area (Å²) in [6.45, 7) is 1.62. The molecule has 0 aliphatic heterocycles. The van der Waals surface area contributed by atoms with E-state index < -0.39 is 12.0 Å². The lowest BCUT2D eigenvalue weighted by molar-refractivity contribution is 0.0623. The molecule has 0 radical (unpaired) electrons. The highest BCUT2D eigenvalue weighted by molar-refractivity contribution is 4.87. The number of hydrogen-bond donors (Lipinski definition) is 2. The van der Waals surface area contributed by atoms with Crippen molar-refractivity contribution in [1.82, 2.24) is 0 Å². The molecular formula is C7H13NO2. The summed E-state index contributed by atoms with van der Waals surface area (Å²) in [6, 6.07) is 1.94. The van der Waals surface area contributed by atoms with Crippen LogP contribution in [-0.4, -0.2) is 22.9 Å². The predicted molar refractivity (Wildman–Crippen MR) is 37.1 cm³/mol. The average Bonchev–Trinajstić information content (AvgIpc) is 1.99. The van der Waals surface area contributed by atoms with Crippen LogP contribution in [0.5, 0.6) is 0 Å². The first-order valence-corrected chi connectivity index (χ1v) is 3.44. The molecule has 0 amide bonds. The molecule has 0 rings (SSSR count). The topological polar surface area (TPSA) is 64.2 Å². The second-order valence-corrected chi connectivity index (χ2v) is 2.27. The van der Waals surface area contributed by atoms with Gasteiger partial charge in [0.25, 0.3) is 0 Å². The Morgan fingerprint density at radius 3 is 2.50 bits per heavy atom. The summed E-state index contributed by atoms with van der Waals surface area (Å²) in [5.41, 5.74) is 0. The highest BCUT2D eigenvalue weighted by Gasteiger charge is 2.15. The number of nitrogens with zero attached hydrogens (tertiary/aromatic N) is 1. The van der Waals surface area contributed by atoms with Crippen molar-refractivity contribution in [3.05, 3.63) is 0 Å². The fourth-order valence-electron chi connectivity index (χ4n) is 0.781. The van der Waals surface area contributed by atoms with E-state index in [-0.39, 0.29) is 6.61 Å². The van der Waals surface area contributed by atoms with Crippen LogP contribution < -0.4 is 0 Å². The zero-order valence-corrected chi connectivity index (χ0v) is 6.12. The summed E-state index contributed by atoms with van der Waals surface area (Å²) in [6.07, 6.45) is 0.637. The number of rotatable bonds is 4. The Balaban J connectivity index is 3.71. The van der Waals surface area contributed by atoms with Crippen LogP contribution in [0, 0.1) is 17.2 Å². The lowest BCUT2D eigenvalue weighted by Gasteiger charge is -2.11. The zero-order valence-electron chi connectivity index (χ0n) is 6.12. The number of hydrogen-bond acceptors (Lipinski definition) is 3. The molecule has 0 unspecified atom stereocenters. The van der Waals surface area contributed by atoms with Gasteiger partial charge in [0.1, 0.15) is 0 Å². The van der Waals surface area contributed by atoms with E-state index in [9.17, 15) is 0 Å². The molecule has 0 aliphatic carbocycles. The SMILES string of the molecule is CCC[C@@H](C#N)[C@@H](O)CO. The van der Waals surface area contributed by atoms with Crippen molar-refractivity contribution in [2.45, 2.75) is 25.9 Å². The third kappa shape index (κ3) is 2.81. The summed E-state index contributed by atoms with van der Waals surface area (Å²) in [4.78, 5) is 0. The fourth-order valence-corrected chi connectivity index (χ4v) is 0.781. The van der Waals surface area contributed by atoms with Crippen molar-refractivity contribution in [3.8, 4) is 6.07 Å². The lowest BCUT2D eigenvalue weighted by atomic mass is 10.00. The minimum absolute atomic E-state index is 0.321. The summed E-state index contributed by atoms with van der Waals surface area (Å²) in [7, 11) is 0. The first-order valence-electron chi connectivity index (χ1n) is 3.44. The van der Waals surface area contributed by atoms with Gasteiger partial charge in [-0.1, -0.05) is 13.3 Å². The van der Waals surface area contributed by atoms with Crippen molar-refractivity contribution < 1.29 is 10.2 Å². The van der Waals surface area contributed by atoms with Crippen molar-refractivity contribution in [2.24, 2.45) is 5.92 Å². The molecule has 2 N–H and O–H groups in total. The molecule has 0 aliphatic rings. The normalized spacial score (nSPS) is 15.8. The second kappa shape index (κ2) is 5.21. The van der Waals surface area contributed by atoms with Crippen LogP contribution in [0.3, 0.4) is 0 Å². The summed E-state index contributed by atoms with van der Waals surface area (Å²) in [5, 5.41) is 25.9. The minimum atomic E-state index is -0.870. The number of aliphatic hydroxyl groups is 2. The van der Waals surface area contributed by atoms with Crippen LogP contribution >= 0.6 is 0 Å². The molecule has 0 aromatic rings. The molecule has 0 heterocycles. The van der Waals surface area contributed by atoms with Crippen molar-refractivity contribution in [2.75, 3.05) is 6.61 Å². The lowest BCUT2D eigenvalue weighted by Crippen LogP contribution is -2.22. The van der Waals surface area contributed by atoms with E-state index in [0.717, 1.165) is 6.42 Å². The molecule has 0 saturated heterocycles. The first-order chi connectivity index (χ1) is 4.76. The molecular weight excluding hydrogens is 130 g/mol. The maximum absolute atomic E-state index is 8.98. The Morgan fingerprint density at radius 2 is 2.20 bits per heavy atom. The molecule has 2 atom stereocenters. The van der Waals surface area contributed by atoms with E-state index in [1.54, 1.807) is 0 Å². The van der Waals surface area contributed by atoms with E-state index >= 15 is 0 Å². The second-order valence-electron chi connectivity index (χ2n) is 2.27. The summed E-state index contributed by atoms with van der Waals surface area (Å²) in [5.74, 6) is -0.407. The summed E-state index contributed by atoms with van der Waals surface area (Å²) < 4.78 is 0. The van der Waals surface area contributed by atoms with Gasteiger partial charge in [0.05, 0.1) is 24.7 Å². The Hall–Kier alpha value is -0.590. The van der Waals surface area contributed by atoms with Gasteiger partial charge in [-0.05, 0) is 6.42 Å². The molecule has 0 bridgehead atoms. The highest BCUT2D eigenvalue weighted by Crippen LogP contribution is 2.09. The third-order valence-corrected chi connectivity index (χ3v) is 1.42. The van der Waals surface area contributed by atoms with Crippen LogP contribution in [0.25, 0.3) is 0 Å². The number of nitriles is 1. The highest BCUT2D eigenvalue weighted by atomic mass is 16.3. The minimum Gasteiger partial charge on any atom is -0.394 e. The average molecular weight is 143 g/mol.